The fourth-order valence-electron chi connectivity index (χ4n) is 3.46. The molecule has 0 aliphatic carbocycles. The Hall–Kier alpha value is -2.56. The monoisotopic (exact) mass is 464 g/mol. The Kier molecular flexibility index (Phi) is 7.09. The van der Waals surface area contributed by atoms with Crippen molar-refractivity contribution < 1.29 is 45.2 Å². The van der Waals surface area contributed by atoms with Gasteiger partial charge in [0.15, 0.2) is 5.75 Å². The highest BCUT2D eigenvalue weighted by Gasteiger charge is 2.50. The summed E-state index contributed by atoms with van der Waals surface area (Å²) in [5.41, 5.74) is -3.81. The van der Waals surface area contributed by atoms with Crippen LogP contribution in [0, 0.1) is 12.8 Å². The number of aliphatic carboxylic acids is 1. The highest BCUT2D eigenvalue weighted by atomic mass is 32.2. The second kappa shape index (κ2) is 8.89. The van der Waals surface area contributed by atoms with Crippen LogP contribution in [-0.4, -0.2) is 31.0 Å². The van der Waals surface area contributed by atoms with E-state index < -0.39 is 33.3 Å². The SMILES string of the molecule is CCc1c(C)c2c(c(OS(=O)(=O)C(F)(F)F)c1C/C=C(\C)C(C)CC(=O)O)C(=O)OC2. The van der Waals surface area contributed by atoms with Gasteiger partial charge in [-0.1, -0.05) is 25.5 Å². The quantitative estimate of drug-likeness (QED) is 0.268. The molecule has 1 aliphatic rings. The Morgan fingerprint density at radius 1 is 1.32 bits per heavy atom. The summed E-state index contributed by atoms with van der Waals surface area (Å²) >= 11 is 0. The zero-order valence-electron chi connectivity index (χ0n) is 17.4. The maximum absolute atomic E-state index is 13.0. The van der Waals surface area contributed by atoms with Crippen LogP contribution in [0.3, 0.4) is 0 Å². The molecule has 1 N–H and O–H groups in total. The lowest BCUT2D eigenvalue weighted by atomic mass is 9.88. The second-order valence-electron chi connectivity index (χ2n) is 7.33. The smallest absolute Gasteiger partial charge is 0.481 e. The standard InChI is InChI=1S/C20H23F3O7S/c1-5-13-12(4)15-9-29-19(26)17(15)18(30-31(27,28)20(21,22)23)14(13)7-6-10(2)11(3)8-16(24)25/h6,11H,5,7-9H2,1-4H3,(H,24,25)/b10-6+. The predicted octanol–water partition coefficient (Wildman–Crippen LogP) is 4.06. The maximum atomic E-state index is 13.0. The van der Waals surface area contributed by atoms with Crippen LogP contribution in [0.5, 0.6) is 5.75 Å². The van der Waals surface area contributed by atoms with E-state index in [2.05, 4.69) is 4.18 Å². The molecule has 0 spiro atoms. The van der Waals surface area contributed by atoms with Crippen molar-refractivity contribution in [3.63, 3.8) is 0 Å². The number of hydrogen-bond donors (Lipinski definition) is 1. The van der Waals surface area contributed by atoms with Gasteiger partial charge in [0.2, 0.25) is 0 Å². The van der Waals surface area contributed by atoms with Crippen LogP contribution >= 0.6 is 0 Å². The first-order valence-electron chi connectivity index (χ1n) is 9.44. The molecule has 1 unspecified atom stereocenters. The van der Waals surface area contributed by atoms with Gasteiger partial charge in [-0.3, -0.25) is 4.79 Å². The zero-order chi connectivity index (χ0) is 23.7. The van der Waals surface area contributed by atoms with E-state index in [1.54, 1.807) is 33.8 Å². The van der Waals surface area contributed by atoms with Crippen LogP contribution in [0.4, 0.5) is 13.2 Å². The molecule has 31 heavy (non-hydrogen) atoms. The van der Waals surface area contributed by atoms with Gasteiger partial charge in [0.25, 0.3) is 0 Å². The lowest BCUT2D eigenvalue weighted by molar-refractivity contribution is -0.137. The molecule has 0 radical (unpaired) electrons. The number of hydrogen-bond acceptors (Lipinski definition) is 6. The Morgan fingerprint density at radius 2 is 1.94 bits per heavy atom. The van der Waals surface area contributed by atoms with Crippen LogP contribution in [0.2, 0.25) is 0 Å². The first kappa shape index (κ1) is 24.7. The molecule has 172 valence electrons. The number of carbonyl (C=O) groups is 2. The molecule has 7 nitrogen and oxygen atoms in total. The Balaban J connectivity index is 2.68. The van der Waals surface area contributed by atoms with Gasteiger partial charge in [-0.15, -0.1) is 0 Å². The summed E-state index contributed by atoms with van der Waals surface area (Å²) in [7, 11) is -6.03. The van der Waals surface area contributed by atoms with E-state index in [-0.39, 0.29) is 42.1 Å². The van der Waals surface area contributed by atoms with Crippen molar-refractivity contribution in [1.29, 1.82) is 0 Å². The molecule has 0 saturated heterocycles. The third-order valence-corrected chi connectivity index (χ3v) is 6.29. The van der Waals surface area contributed by atoms with Gasteiger partial charge in [0.05, 0.1) is 6.42 Å². The number of esters is 1. The molecule has 0 aromatic heterocycles. The first-order valence-corrected chi connectivity index (χ1v) is 10.9. The van der Waals surface area contributed by atoms with Crippen molar-refractivity contribution in [3.8, 4) is 5.75 Å². The van der Waals surface area contributed by atoms with Gasteiger partial charge in [0, 0.05) is 11.1 Å². The number of ether oxygens (including phenoxy) is 1. The van der Waals surface area contributed by atoms with Crippen molar-refractivity contribution in [2.24, 2.45) is 5.92 Å². The number of rotatable bonds is 8. The zero-order valence-corrected chi connectivity index (χ0v) is 18.2. The number of cyclic esters (lactones) is 1. The molecular formula is C20H23F3O7S. The van der Waals surface area contributed by atoms with E-state index >= 15 is 0 Å². The molecule has 0 fully saturated rings. The summed E-state index contributed by atoms with van der Waals surface area (Å²) in [6.07, 6.45) is 1.73. The molecule has 1 aromatic rings. The number of carboxylic acid groups (broad SMARTS) is 1. The van der Waals surface area contributed by atoms with E-state index in [0.29, 0.717) is 23.1 Å². The number of carboxylic acids is 1. The summed E-state index contributed by atoms with van der Waals surface area (Å²) in [4.78, 5) is 23.2. The normalized spacial score (nSPS) is 15.5. The highest BCUT2D eigenvalue weighted by molar-refractivity contribution is 7.88. The molecule has 11 heteroatoms. The van der Waals surface area contributed by atoms with E-state index in [9.17, 15) is 31.2 Å². The third-order valence-electron chi connectivity index (χ3n) is 5.34. The molecular weight excluding hydrogens is 441 g/mol. The van der Waals surface area contributed by atoms with Gasteiger partial charge in [0.1, 0.15) is 12.2 Å². The van der Waals surface area contributed by atoms with Gasteiger partial charge in [-0.25, -0.2) is 4.79 Å². The fourth-order valence-corrected chi connectivity index (χ4v) is 3.96. The number of benzene rings is 1. The van der Waals surface area contributed by atoms with Crippen LogP contribution in [0.25, 0.3) is 0 Å². The van der Waals surface area contributed by atoms with Crippen molar-refractivity contribution in [3.05, 3.63) is 39.5 Å². The molecule has 1 aromatic carbocycles. The van der Waals surface area contributed by atoms with Crippen molar-refractivity contribution in [2.45, 2.75) is 59.1 Å². The van der Waals surface area contributed by atoms with Gasteiger partial charge >= 0.3 is 27.6 Å². The van der Waals surface area contributed by atoms with Gasteiger partial charge in [-0.2, -0.15) is 21.6 Å². The Labute approximate surface area is 178 Å². The Morgan fingerprint density at radius 3 is 2.45 bits per heavy atom. The predicted molar refractivity (Wildman–Crippen MR) is 104 cm³/mol. The maximum Gasteiger partial charge on any atom is 0.534 e. The average molecular weight is 464 g/mol. The van der Waals surface area contributed by atoms with E-state index in [1.807, 2.05) is 0 Å². The summed E-state index contributed by atoms with van der Waals surface area (Å²) in [5, 5.41) is 8.95. The van der Waals surface area contributed by atoms with Crippen LogP contribution < -0.4 is 4.18 Å². The number of alkyl halides is 3. The summed E-state index contributed by atoms with van der Waals surface area (Å²) in [5.74, 6) is -3.02. The van der Waals surface area contributed by atoms with Crippen molar-refractivity contribution >= 4 is 22.1 Å². The van der Waals surface area contributed by atoms with E-state index in [1.165, 1.54) is 0 Å². The number of carbonyl (C=O) groups excluding carboxylic acids is 1. The van der Waals surface area contributed by atoms with Gasteiger partial charge in [-0.05, 0) is 43.7 Å². The Bertz CT molecular complexity index is 1040. The molecule has 1 heterocycles. The van der Waals surface area contributed by atoms with Gasteiger partial charge < -0.3 is 14.0 Å². The molecule has 2 rings (SSSR count). The number of halogens is 3. The minimum Gasteiger partial charge on any atom is -0.481 e. The summed E-state index contributed by atoms with van der Waals surface area (Å²) in [6.45, 7) is 6.56. The van der Waals surface area contributed by atoms with Crippen LogP contribution in [0.1, 0.15) is 59.8 Å². The van der Waals surface area contributed by atoms with Crippen molar-refractivity contribution in [2.75, 3.05) is 0 Å². The van der Waals surface area contributed by atoms with E-state index in [4.69, 9.17) is 9.84 Å². The molecule has 1 atom stereocenters. The second-order valence-corrected chi connectivity index (χ2v) is 8.87. The lowest BCUT2D eigenvalue weighted by Crippen LogP contribution is -2.29. The van der Waals surface area contributed by atoms with Crippen molar-refractivity contribution in [1.82, 2.24) is 0 Å². The fraction of sp³-hybridized carbons (Fsp3) is 0.500. The average Bonchev–Trinajstić information content (AvgIpc) is 3.02. The number of fused-ring (bicyclic) bond motifs is 1. The minimum absolute atomic E-state index is 0.0525. The molecule has 0 saturated carbocycles. The summed E-state index contributed by atoms with van der Waals surface area (Å²) < 4.78 is 71.9. The van der Waals surface area contributed by atoms with E-state index in [0.717, 1.165) is 0 Å². The lowest BCUT2D eigenvalue weighted by Gasteiger charge is -2.20. The largest absolute Gasteiger partial charge is 0.534 e. The number of allylic oxidation sites excluding steroid dienone is 2. The molecule has 0 amide bonds. The third kappa shape index (κ3) is 5.03. The van der Waals surface area contributed by atoms with Crippen LogP contribution in [-0.2, 0) is 39.1 Å². The topological polar surface area (TPSA) is 107 Å². The summed E-state index contributed by atoms with van der Waals surface area (Å²) in [6, 6.07) is 0. The minimum atomic E-state index is -6.03. The molecule has 0 bridgehead atoms. The van der Waals surface area contributed by atoms with Crippen LogP contribution in [0.15, 0.2) is 11.6 Å². The highest BCUT2D eigenvalue weighted by Crippen LogP contribution is 2.41. The molecule has 1 aliphatic heterocycles. The first-order chi connectivity index (χ1) is 14.2.